The summed E-state index contributed by atoms with van der Waals surface area (Å²) in [6.07, 6.45) is 3.17. The van der Waals surface area contributed by atoms with Crippen LogP contribution in [-0.2, 0) is 13.0 Å². The van der Waals surface area contributed by atoms with Crippen molar-refractivity contribution in [3.8, 4) is 0 Å². The van der Waals surface area contributed by atoms with Crippen molar-refractivity contribution in [1.29, 1.82) is 0 Å². The third-order valence-electron chi connectivity index (χ3n) is 5.59. The predicted molar refractivity (Wildman–Crippen MR) is 110 cm³/mol. The van der Waals surface area contributed by atoms with Crippen LogP contribution in [0.5, 0.6) is 0 Å². The SMILES string of the molecule is Cc1nc2c(c(N3CCC(C)CC3)n1)CN(C(=O)c1cccc(Br)c1)CC2. The highest BCUT2D eigenvalue weighted by atomic mass is 79.9. The van der Waals surface area contributed by atoms with Crippen LogP contribution in [0.1, 0.15) is 47.2 Å². The maximum atomic E-state index is 13.0. The molecular formula is C21H25BrN4O. The van der Waals surface area contributed by atoms with Gasteiger partial charge in [0.05, 0.1) is 12.2 Å². The molecule has 0 atom stereocenters. The van der Waals surface area contributed by atoms with Gasteiger partial charge in [-0.3, -0.25) is 4.79 Å². The molecule has 2 aliphatic heterocycles. The second-order valence-corrected chi connectivity index (χ2v) is 8.59. The van der Waals surface area contributed by atoms with Gasteiger partial charge in [0.25, 0.3) is 5.91 Å². The summed E-state index contributed by atoms with van der Waals surface area (Å²) in [5.41, 5.74) is 2.95. The zero-order valence-corrected chi connectivity index (χ0v) is 17.5. The van der Waals surface area contributed by atoms with Crippen molar-refractivity contribution in [2.45, 2.75) is 39.7 Å². The Labute approximate surface area is 168 Å². The fourth-order valence-electron chi connectivity index (χ4n) is 3.98. The molecule has 1 saturated heterocycles. The molecule has 0 N–H and O–H groups in total. The van der Waals surface area contributed by atoms with E-state index in [-0.39, 0.29) is 5.91 Å². The number of anilines is 1. The number of carbonyl (C=O) groups excluding carboxylic acids is 1. The number of benzene rings is 1. The van der Waals surface area contributed by atoms with Gasteiger partial charge >= 0.3 is 0 Å². The highest BCUT2D eigenvalue weighted by Crippen LogP contribution is 2.30. The average Bonchev–Trinajstić information content (AvgIpc) is 2.67. The molecule has 0 radical (unpaired) electrons. The van der Waals surface area contributed by atoms with E-state index in [0.29, 0.717) is 18.7 Å². The van der Waals surface area contributed by atoms with Crippen LogP contribution >= 0.6 is 15.9 Å². The first-order valence-electron chi connectivity index (χ1n) is 9.67. The standard InChI is InChI=1S/C21H25BrN4O/c1-14-6-9-25(10-7-14)20-18-13-26(11-8-19(18)23-15(2)24-20)21(27)16-4-3-5-17(22)12-16/h3-5,12,14H,6-11,13H2,1-2H3. The Hall–Kier alpha value is -1.95. The van der Waals surface area contributed by atoms with Gasteiger partial charge in [-0.05, 0) is 43.9 Å². The summed E-state index contributed by atoms with van der Waals surface area (Å²) in [7, 11) is 0. The van der Waals surface area contributed by atoms with Crippen LogP contribution in [0.3, 0.4) is 0 Å². The molecule has 3 heterocycles. The van der Waals surface area contributed by atoms with Gasteiger partial charge in [0.1, 0.15) is 11.6 Å². The van der Waals surface area contributed by atoms with Crippen molar-refractivity contribution in [2.75, 3.05) is 24.5 Å². The molecule has 2 aliphatic rings. The first kappa shape index (κ1) is 18.4. The number of amides is 1. The number of hydrogen-bond acceptors (Lipinski definition) is 4. The van der Waals surface area contributed by atoms with Gasteiger partial charge in [-0.15, -0.1) is 0 Å². The monoisotopic (exact) mass is 428 g/mol. The molecule has 1 aromatic heterocycles. The van der Waals surface area contributed by atoms with Gasteiger partial charge in [0.15, 0.2) is 0 Å². The van der Waals surface area contributed by atoms with E-state index in [1.54, 1.807) is 0 Å². The summed E-state index contributed by atoms with van der Waals surface area (Å²) in [5.74, 6) is 2.71. The Bertz CT molecular complexity index is 861. The van der Waals surface area contributed by atoms with E-state index in [4.69, 9.17) is 4.98 Å². The molecule has 27 heavy (non-hydrogen) atoms. The first-order chi connectivity index (χ1) is 13.0. The zero-order valence-electron chi connectivity index (χ0n) is 15.9. The van der Waals surface area contributed by atoms with Crippen molar-refractivity contribution in [1.82, 2.24) is 14.9 Å². The van der Waals surface area contributed by atoms with Gasteiger partial charge in [0.2, 0.25) is 0 Å². The number of aryl methyl sites for hydroxylation is 1. The quantitative estimate of drug-likeness (QED) is 0.725. The Morgan fingerprint density at radius 3 is 2.70 bits per heavy atom. The molecule has 142 valence electrons. The third-order valence-corrected chi connectivity index (χ3v) is 6.09. The molecule has 0 saturated carbocycles. The van der Waals surface area contributed by atoms with Crippen LogP contribution < -0.4 is 4.90 Å². The van der Waals surface area contributed by atoms with Crippen LogP contribution in [0.25, 0.3) is 0 Å². The topological polar surface area (TPSA) is 49.3 Å². The number of aromatic nitrogens is 2. The number of carbonyl (C=O) groups is 1. The molecule has 0 spiro atoms. The van der Waals surface area contributed by atoms with Gasteiger partial charge in [0, 0.05) is 41.7 Å². The van der Waals surface area contributed by atoms with Gasteiger partial charge in [-0.25, -0.2) is 9.97 Å². The lowest BCUT2D eigenvalue weighted by Crippen LogP contribution is -2.40. The normalized spacial score (nSPS) is 17.7. The van der Waals surface area contributed by atoms with Gasteiger partial charge < -0.3 is 9.80 Å². The fourth-order valence-corrected chi connectivity index (χ4v) is 4.38. The van der Waals surface area contributed by atoms with Crippen LogP contribution in [0.2, 0.25) is 0 Å². The lowest BCUT2D eigenvalue weighted by atomic mass is 9.98. The number of nitrogens with zero attached hydrogens (tertiary/aromatic N) is 4. The minimum absolute atomic E-state index is 0.0701. The Balaban J connectivity index is 1.62. The molecule has 0 unspecified atom stereocenters. The maximum absolute atomic E-state index is 13.0. The van der Waals surface area contributed by atoms with Crippen LogP contribution in [-0.4, -0.2) is 40.4 Å². The van der Waals surface area contributed by atoms with Crippen molar-refractivity contribution in [3.63, 3.8) is 0 Å². The summed E-state index contributed by atoms with van der Waals surface area (Å²) in [4.78, 5) is 26.8. The molecule has 0 bridgehead atoms. The Morgan fingerprint density at radius 1 is 1.19 bits per heavy atom. The number of halogens is 1. The lowest BCUT2D eigenvalue weighted by molar-refractivity contribution is 0.0733. The number of fused-ring (bicyclic) bond motifs is 1. The minimum Gasteiger partial charge on any atom is -0.356 e. The lowest BCUT2D eigenvalue weighted by Gasteiger charge is -2.36. The number of hydrogen-bond donors (Lipinski definition) is 0. The molecule has 5 nitrogen and oxygen atoms in total. The second kappa shape index (κ2) is 7.58. The van der Waals surface area contributed by atoms with Crippen LogP contribution in [0.15, 0.2) is 28.7 Å². The third kappa shape index (κ3) is 3.86. The minimum atomic E-state index is 0.0701. The smallest absolute Gasteiger partial charge is 0.254 e. The summed E-state index contributed by atoms with van der Waals surface area (Å²) in [6, 6.07) is 7.61. The average molecular weight is 429 g/mol. The van der Waals surface area contributed by atoms with Gasteiger partial charge in [-0.2, -0.15) is 0 Å². The second-order valence-electron chi connectivity index (χ2n) is 7.68. The predicted octanol–water partition coefficient (Wildman–Crippen LogP) is 3.98. The molecule has 2 aromatic rings. The van der Waals surface area contributed by atoms with Gasteiger partial charge in [-0.1, -0.05) is 28.9 Å². The van der Waals surface area contributed by atoms with E-state index in [2.05, 4.69) is 32.7 Å². The van der Waals surface area contributed by atoms with E-state index in [9.17, 15) is 4.79 Å². The van der Waals surface area contributed by atoms with E-state index >= 15 is 0 Å². The van der Waals surface area contributed by atoms with Crippen molar-refractivity contribution in [3.05, 3.63) is 51.4 Å². The van der Waals surface area contributed by atoms with Crippen molar-refractivity contribution < 1.29 is 4.79 Å². The molecule has 6 heteroatoms. The Kier molecular flexibility index (Phi) is 5.17. The largest absolute Gasteiger partial charge is 0.356 e. The van der Waals surface area contributed by atoms with Crippen LogP contribution in [0, 0.1) is 12.8 Å². The van der Waals surface area contributed by atoms with Crippen molar-refractivity contribution in [2.24, 2.45) is 5.92 Å². The van der Waals surface area contributed by atoms with Crippen molar-refractivity contribution >= 4 is 27.7 Å². The number of rotatable bonds is 2. The summed E-state index contributed by atoms with van der Waals surface area (Å²) >= 11 is 3.46. The Morgan fingerprint density at radius 2 is 1.96 bits per heavy atom. The summed E-state index contributed by atoms with van der Waals surface area (Å²) in [6.45, 7) is 7.63. The highest BCUT2D eigenvalue weighted by molar-refractivity contribution is 9.10. The van der Waals surface area contributed by atoms with E-state index < -0.39 is 0 Å². The van der Waals surface area contributed by atoms with E-state index in [1.807, 2.05) is 36.1 Å². The molecule has 0 aliphatic carbocycles. The first-order valence-corrected chi connectivity index (χ1v) is 10.5. The highest BCUT2D eigenvalue weighted by Gasteiger charge is 2.29. The van der Waals surface area contributed by atoms with E-state index in [1.165, 1.54) is 12.8 Å². The molecule has 1 aromatic carbocycles. The van der Waals surface area contributed by atoms with Crippen LogP contribution in [0.4, 0.5) is 5.82 Å². The fraction of sp³-hybridized carbons (Fsp3) is 0.476. The summed E-state index contributed by atoms with van der Waals surface area (Å²) in [5, 5.41) is 0. The zero-order chi connectivity index (χ0) is 19.0. The number of piperidine rings is 1. The molecule has 1 amide bonds. The van der Waals surface area contributed by atoms with E-state index in [0.717, 1.165) is 52.8 Å². The summed E-state index contributed by atoms with van der Waals surface area (Å²) < 4.78 is 0.924. The maximum Gasteiger partial charge on any atom is 0.254 e. The molecular weight excluding hydrogens is 404 g/mol. The molecule has 4 rings (SSSR count). The molecule has 1 fully saturated rings.